The van der Waals surface area contributed by atoms with Gasteiger partial charge < -0.3 is 14.8 Å². The van der Waals surface area contributed by atoms with Gasteiger partial charge in [-0.3, -0.25) is 9.59 Å². The average molecular weight is 387 g/mol. The van der Waals surface area contributed by atoms with E-state index in [-0.39, 0.29) is 29.4 Å². The summed E-state index contributed by atoms with van der Waals surface area (Å²) in [5.41, 5.74) is 4.22. The molecule has 1 amide bonds. The van der Waals surface area contributed by atoms with Gasteiger partial charge in [0.05, 0.1) is 17.2 Å². The smallest absolute Gasteiger partial charge is 0.260 e. The van der Waals surface area contributed by atoms with Crippen LogP contribution in [0.4, 0.5) is 0 Å². The van der Waals surface area contributed by atoms with Crippen molar-refractivity contribution >= 4 is 33.9 Å². The highest BCUT2D eigenvalue weighted by Gasteiger charge is 2.12. The monoisotopic (exact) mass is 387 g/mol. The summed E-state index contributed by atoms with van der Waals surface area (Å²) in [6, 6.07) is 18.5. The number of aromatic hydroxyl groups is 2. The van der Waals surface area contributed by atoms with Crippen molar-refractivity contribution in [2.75, 3.05) is 0 Å². The molecule has 0 spiro atoms. The molecule has 0 atom stereocenters. The first-order chi connectivity index (χ1) is 14.0. The van der Waals surface area contributed by atoms with Gasteiger partial charge in [-0.05, 0) is 48.0 Å². The minimum Gasteiger partial charge on any atom is -0.504 e. The van der Waals surface area contributed by atoms with Crippen molar-refractivity contribution < 1.29 is 15.0 Å². The summed E-state index contributed by atoms with van der Waals surface area (Å²) >= 11 is 0. The van der Waals surface area contributed by atoms with Gasteiger partial charge in [-0.1, -0.05) is 24.3 Å². The first kappa shape index (κ1) is 18.2. The molecular weight excluding hydrogens is 370 g/mol. The molecular formula is C22H17N3O4. The van der Waals surface area contributed by atoms with E-state index in [0.29, 0.717) is 27.4 Å². The third-order valence-electron chi connectivity index (χ3n) is 4.58. The molecule has 7 nitrogen and oxygen atoms in total. The van der Waals surface area contributed by atoms with Crippen molar-refractivity contribution in [3.8, 4) is 11.5 Å². The number of hydrogen-bond acceptors (Lipinski definition) is 5. The van der Waals surface area contributed by atoms with E-state index in [2.05, 4.69) is 10.5 Å². The Morgan fingerprint density at radius 2 is 1.55 bits per heavy atom. The zero-order valence-electron chi connectivity index (χ0n) is 15.2. The largest absolute Gasteiger partial charge is 0.504 e. The second-order valence-corrected chi connectivity index (χ2v) is 6.49. The Hall–Kier alpha value is -4.13. The molecule has 1 heterocycles. The Morgan fingerprint density at radius 3 is 2.17 bits per heavy atom. The van der Waals surface area contributed by atoms with Gasteiger partial charge >= 0.3 is 0 Å². The normalized spacial score (nSPS) is 11.3. The standard InChI is InChI=1S/C22H17N3O4/c26-19-10-9-14(11-20(19)27)12-23-24-21(28)13-25-17-7-3-1-5-15(17)22(29)16-6-2-4-8-18(16)25/h1-12,26-27H,13H2,(H,24,28). The molecule has 0 aliphatic rings. The van der Waals surface area contributed by atoms with E-state index in [4.69, 9.17) is 0 Å². The highest BCUT2D eigenvalue weighted by Crippen LogP contribution is 2.24. The summed E-state index contributed by atoms with van der Waals surface area (Å²) in [5.74, 6) is -0.877. The fourth-order valence-corrected chi connectivity index (χ4v) is 3.23. The number of benzene rings is 3. The van der Waals surface area contributed by atoms with E-state index in [9.17, 15) is 19.8 Å². The molecule has 1 aromatic heterocycles. The average Bonchev–Trinajstić information content (AvgIpc) is 2.74. The summed E-state index contributed by atoms with van der Waals surface area (Å²) in [6.45, 7) is -0.0283. The van der Waals surface area contributed by atoms with E-state index >= 15 is 0 Å². The number of rotatable bonds is 4. The van der Waals surface area contributed by atoms with Crippen LogP contribution in [0, 0.1) is 0 Å². The molecule has 144 valence electrons. The summed E-state index contributed by atoms with van der Waals surface area (Å²) in [5, 5.41) is 23.8. The van der Waals surface area contributed by atoms with Crippen molar-refractivity contribution in [2.24, 2.45) is 5.10 Å². The Bertz CT molecular complexity index is 1260. The highest BCUT2D eigenvalue weighted by molar-refractivity contribution is 5.95. The number of phenolic OH excluding ortho intramolecular Hbond substituents is 2. The lowest BCUT2D eigenvalue weighted by Gasteiger charge is -2.14. The van der Waals surface area contributed by atoms with E-state index < -0.39 is 0 Å². The molecule has 0 bridgehead atoms. The third-order valence-corrected chi connectivity index (χ3v) is 4.58. The van der Waals surface area contributed by atoms with Gasteiger partial charge in [-0.15, -0.1) is 0 Å². The van der Waals surface area contributed by atoms with Gasteiger partial charge in [0.15, 0.2) is 16.9 Å². The predicted octanol–water partition coefficient (Wildman–Crippen LogP) is 2.72. The van der Waals surface area contributed by atoms with Crippen LogP contribution >= 0.6 is 0 Å². The number of amides is 1. The van der Waals surface area contributed by atoms with Crippen LogP contribution in [-0.2, 0) is 11.3 Å². The van der Waals surface area contributed by atoms with E-state index in [1.165, 1.54) is 18.3 Å². The molecule has 0 unspecified atom stereocenters. The van der Waals surface area contributed by atoms with Gasteiger partial charge in [0.25, 0.3) is 5.91 Å². The molecule has 7 heteroatoms. The summed E-state index contributed by atoms with van der Waals surface area (Å²) < 4.78 is 1.78. The van der Waals surface area contributed by atoms with Crippen molar-refractivity contribution in [3.63, 3.8) is 0 Å². The van der Waals surface area contributed by atoms with Crippen LogP contribution in [0.25, 0.3) is 21.8 Å². The van der Waals surface area contributed by atoms with Crippen LogP contribution in [0.15, 0.2) is 76.6 Å². The van der Waals surface area contributed by atoms with Crippen LogP contribution in [0.3, 0.4) is 0 Å². The van der Waals surface area contributed by atoms with Crippen LogP contribution in [0.2, 0.25) is 0 Å². The highest BCUT2D eigenvalue weighted by atomic mass is 16.3. The Morgan fingerprint density at radius 1 is 0.931 bits per heavy atom. The second kappa shape index (κ2) is 7.47. The van der Waals surface area contributed by atoms with Crippen LogP contribution < -0.4 is 10.9 Å². The quantitative estimate of drug-likeness (QED) is 0.217. The maximum Gasteiger partial charge on any atom is 0.260 e. The Balaban J connectivity index is 1.64. The number of fused-ring (bicyclic) bond motifs is 2. The topological polar surface area (TPSA) is 104 Å². The SMILES string of the molecule is O=C(Cn1c2ccccc2c(=O)c2ccccc21)NN=Cc1ccc(O)c(O)c1. The number of nitrogens with one attached hydrogen (secondary N) is 1. The molecule has 4 aromatic rings. The van der Waals surface area contributed by atoms with Gasteiger partial charge in [-0.25, -0.2) is 5.43 Å². The molecule has 29 heavy (non-hydrogen) atoms. The Kier molecular flexibility index (Phi) is 4.70. The van der Waals surface area contributed by atoms with Crippen LogP contribution in [0.5, 0.6) is 11.5 Å². The predicted molar refractivity (Wildman–Crippen MR) is 111 cm³/mol. The minimum absolute atomic E-state index is 0.0283. The first-order valence-electron chi connectivity index (χ1n) is 8.89. The fourth-order valence-electron chi connectivity index (χ4n) is 3.23. The lowest BCUT2D eigenvalue weighted by molar-refractivity contribution is -0.121. The van der Waals surface area contributed by atoms with Crippen LogP contribution in [0.1, 0.15) is 5.56 Å². The maximum atomic E-state index is 12.7. The van der Waals surface area contributed by atoms with E-state index in [1.807, 2.05) is 12.1 Å². The number of para-hydroxylation sites is 2. The maximum absolute atomic E-state index is 12.7. The van der Waals surface area contributed by atoms with Crippen molar-refractivity contribution in [3.05, 3.63) is 82.5 Å². The van der Waals surface area contributed by atoms with Gasteiger partial charge in [0.1, 0.15) is 6.54 Å². The van der Waals surface area contributed by atoms with Crippen LogP contribution in [-0.4, -0.2) is 26.9 Å². The molecule has 0 aliphatic heterocycles. The van der Waals surface area contributed by atoms with E-state index in [0.717, 1.165) is 0 Å². The lowest BCUT2D eigenvalue weighted by atomic mass is 10.1. The van der Waals surface area contributed by atoms with Crippen molar-refractivity contribution in [1.82, 2.24) is 9.99 Å². The van der Waals surface area contributed by atoms with Gasteiger partial charge in [0.2, 0.25) is 0 Å². The molecule has 0 saturated carbocycles. The molecule has 3 N–H and O–H groups in total. The number of nitrogens with zero attached hydrogens (tertiary/aromatic N) is 2. The molecule has 0 saturated heterocycles. The summed E-state index contributed by atoms with van der Waals surface area (Å²) in [6.07, 6.45) is 1.36. The number of pyridine rings is 1. The summed E-state index contributed by atoms with van der Waals surface area (Å²) in [4.78, 5) is 25.2. The summed E-state index contributed by atoms with van der Waals surface area (Å²) in [7, 11) is 0. The van der Waals surface area contributed by atoms with Crippen molar-refractivity contribution in [2.45, 2.75) is 6.54 Å². The molecule has 0 aliphatic carbocycles. The zero-order valence-corrected chi connectivity index (χ0v) is 15.2. The number of hydrogen-bond donors (Lipinski definition) is 3. The number of carbonyl (C=O) groups excluding carboxylic acids is 1. The van der Waals surface area contributed by atoms with Crippen molar-refractivity contribution in [1.29, 1.82) is 0 Å². The Labute approximate surface area is 165 Å². The molecule has 3 aromatic carbocycles. The number of carbonyl (C=O) groups is 1. The number of hydrazone groups is 1. The fraction of sp³-hybridized carbons (Fsp3) is 0.0455. The molecule has 4 rings (SSSR count). The number of aromatic nitrogens is 1. The van der Waals surface area contributed by atoms with Gasteiger partial charge in [-0.2, -0.15) is 5.10 Å². The second-order valence-electron chi connectivity index (χ2n) is 6.49. The molecule has 0 fully saturated rings. The van der Waals surface area contributed by atoms with Gasteiger partial charge in [0, 0.05) is 10.8 Å². The minimum atomic E-state index is -0.372. The lowest BCUT2D eigenvalue weighted by Crippen LogP contribution is -2.25. The first-order valence-corrected chi connectivity index (χ1v) is 8.89. The number of phenols is 2. The zero-order chi connectivity index (χ0) is 20.4. The third kappa shape index (κ3) is 3.53. The molecule has 0 radical (unpaired) electrons. The van der Waals surface area contributed by atoms with E-state index in [1.54, 1.807) is 47.0 Å².